The molecule has 2 saturated heterocycles. The van der Waals surface area contributed by atoms with E-state index in [9.17, 15) is 0 Å². The molecule has 122 valence electrons. The zero-order valence-corrected chi connectivity index (χ0v) is 14.0. The fourth-order valence-electron chi connectivity index (χ4n) is 3.77. The van der Waals surface area contributed by atoms with E-state index in [0.29, 0.717) is 0 Å². The maximum Gasteiger partial charge on any atom is 0.140 e. The molecule has 23 heavy (non-hydrogen) atoms. The van der Waals surface area contributed by atoms with E-state index in [1.165, 1.54) is 0 Å². The number of ether oxygens (including phenoxy) is 1. The van der Waals surface area contributed by atoms with Gasteiger partial charge < -0.3 is 14.5 Å². The summed E-state index contributed by atoms with van der Waals surface area (Å²) in [6.07, 6.45) is 2.20. The normalized spacial score (nSPS) is 21.9. The Labute approximate surface area is 137 Å². The van der Waals surface area contributed by atoms with E-state index in [-0.39, 0.29) is 5.60 Å². The number of para-hydroxylation sites is 1. The van der Waals surface area contributed by atoms with Crippen LogP contribution in [0.3, 0.4) is 0 Å². The van der Waals surface area contributed by atoms with Gasteiger partial charge in [-0.15, -0.1) is 0 Å². The first-order chi connectivity index (χ1) is 11.2. The molecule has 0 N–H and O–H groups in total. The van der Waals surface area contributed by atoms with Gasteiger partial charge in [0.05, 0.1) is 17.7 Å². The van der Waals surface area contributed by atoms with Crippen LogP contribution in [0.1, 0.15) is 18.7 Å². The summed E-state index contributed by atoms with van der Waals surface area (Å²) in [4.78, 5) is 14.1. The molecule has 0 amide bonds. The summed E-state index contributed by atoms with van der Waals surface area (Å²) in [6.45, 7) is 6.80. The van der Waals surface area contributed by atoms with Gasteiger partial charge in [0.25, 0.3) is 0 Å². The summed E-state index contributed by atoms with van der Waals surface area (Å²) in [6, 6.07) is 8.30. The minimum atomic E-state index is -0.00921. The lowest BCUT2D eigenvalue weighted by atomic mass is 9.89. The Bertz CT molecular complexity index is 709. The molecule has 4 rings (SSSR count). The number of morpholine rings is 1. The van der Waals surface area contributed by atoms with Crippen molar-refractivity contribution >= 4 is 16.7 Å². The Kier molecular flexibility index (Phi) is 3.70. The lowest BCUT2D eigenvalue weighted by Crippen LogP contribution is -2.56. The summed E-state index contributed by atoms with van der Waals surface area (Å²) in [5.41, 5.74) is 1.02. The fraction of sp³-hybridized carbons (Fsp3) is 0.556. The van der Waals surface area contributed by atoms with Crippen LogP contribution in [0, 0.1) is 6.92 Å². The van der Waals surface area contributed by atoms with Crippen molar-refractivity contribution in [2.24, 2.45) is 0 Å². The van der Waals surface area contributed by atoms with E-state index in [1.807, 2.05) is 13.0 Å². The molecule has 2 aliphatic heterocycles. The molecule has 0 radical (unpaired) electrons. The van der Waals surface area contributed by atoms with Crippen molar-refractivity contribution in [3.8, 4) is 0 Å². The topological polar surface area (TPSA) is 41.5 Å². The minimum Gasteiger partial charge on any atom is -0.371 e. The summed E-state index contributed by atoms with van der Waals surface area (Å²) in [5.74, 6) is 1.90. The van der Waals surface area contributed by atoms with Gasteiger partial charge in [0.1, 0.15) is 11.6 Å². The van der Waals surface area contributed by atoms with Crippen LogP contribution in [0.5, 0.6) is 0 Å². The Morgan fingerprint density at radius 1 is 1.09 bits per heavy atom. The first-order valence-corrected chi connectivity index (χ1v) is 8.46. The second kappa shape index (κ2) is 5.73. The van der Waals surface area contributed by atoms with Crippen LogP contribution in [0.25, 0.3) is 10.9 Å². The third kappa shape index (κ3) is 2.79. The summed E-state index contributed by atoms with van der Waals surface area (Å²) in [7, 11) is 2.19. The maximum atomic E-state index is 6.24. The molecule has 5 heteroatoms. The van der Waals surface area contributed by atoms with E-state index in [4.69, 9.17) is 9.72 Å². The SMILES string of the molecule is Cc1nc(N2CCOC3(CCN(C)CC3)C2)c2ccccc2n1. The molecule has 0 unspecified atom stereocenters. The zero-order valence-electron chi connectivity index (χ0n) is 14.0. The van der Waals surface area contributed by atoms with E-state index < -0.39 is 0 Å². The number of fused-ring (bicyclic) bond motifs is 1. The van der Waals surface area contributed by atoms with Crippen molar-refractivity contribution in [2.45, 2.75) is 25.4 Å². The van der Waals surface area contributed by atoms with Gasteiger partial charge in [0.2, 0.25) is 0 Å². The fourth-order valence-corrected chi connectivity index (χ4v) is 3.77. The molecule has 0 atom stereocenters. The molecular weight excluding hydrogens is 288 g/mol. The molecule has 1 aromatic carbocycles. The quantitative estimate of drug-likeness (QED) is 0.808. The van der Waals surface area contributed by atoms with Crippen LogP contribution in [-0.2, 0) is 4.74 Å². The summed E-state index contributed by atoms with van der Waals surface area (Å²) < 4.78 is 6.24. The molecule has 5 nitrogen and oxygen atoms in total. The van der Waals surface area contributed by atoms with E-state index in [0.717, 1.165) is 68.2 Å². The van der Waals surface area contributed by atoms with Gasteiger partial charge >= 0.3 is 0 Å². The monoisotopic (exact) mass is 312 g/mol. The van der Waals surface area contributed by atoms with Crippen molar-refractivity contribution in [2.75, 3.05) is 44.7 Å². The number of piperidine rings is 1. The minimum absolute atomic E-state index is 0.00921. The van der Waals surface area contributed by atoms with E-state index in [1.54, 1.807) is 0 Å². The van der Waals surface area contributed by atoms with Crippen molar-refractivity contribution in [1.29, 1.82) is 0 Å². The second-order valence-corrected chi connectivity index (χ2v) is 6.87. The average molecular weight is 312 g/mol. The van der Waals surface area contributed by atoms with Gasteiger partial charge in [-0.05, 0) is 38.9 Å². The second-order valence-electron chi connectivity index (χ2n) is 6.87. The first-order valence-electron chi connectivity index (χ1n) is 8.46. The van der Waals surface area contributed by atoms with Crippen LogP contribution in [0.2, 0.25) is 0 Å². The van der Waals surface area contributed by atoms with Gasteiger partial charge in [-0.2, -0.15) is 0 Å². The molecule has 2 aromatic rings. The lowest BCUT2D eigenvalue weighted by Gasteiger charge is -2.47. The van der Waals surface area contributed by atoms with Crippen LogP contribution in [0.15, 0.2) is 24.3 Å². The number of likely N-dealkylation sites (tertiary alicyclic amines) is 1. The van der Waals surface area contributed by atoms with Crippen LogP contribution < -0.4 is 4.90 Å². The van der Waals surface area contributed by atoms with Crippen LogP contribution >= 0.6 is 0 Å². The zero-order chi connectivity index (χ0) is 15.9. The highest BCUT2D eigenvalue weighted by Gasteiger charge is 2.39. The molecule has 2 fully saturated rings. The predicted molar refractivity (Wildman–Crippen MR) is 91.9 cm³/mol. The third-order valence-electron chi connectivity index (χ3n) is 5.14. The highest BCUT2D eigenvalue weighted by molar-refractivity contribution is 5.89. The molecule has 0 aliphatic carbocycles. The van der Waals surface area contributed by atoms with Crippen molar-refractivity contribution in [3.05, 3.63) is 30.1 Å². The number of aryl methyl sites for hydroxylation is 1. The molecule has 0 saturated carbocycles. The Hall–Kier alpha value is -1.72. The van der Waals surface area contributed by atoms with Gasteiger partial charge in [-0.25, -0.2) is 9.97 Å². The Morgan fingerprint density at radius 3 is 2.70 bits per heavy atom. The Morgan fingerprint density at radius 2 is 1.87 bits per heavy atom. The standard InChI is InChI=1S/C18H24N4O/c1-14-19-16-6-4-3-5-15(16)17(20-14)22-11-12-23-18(13-22)7-9-21(2)10-8-18/h3-6H,7-13H2,1-2H3. The van der Waals surface area contributed by atoms with Crippen molar-refractivity contribution in [3.63, 3.8) is 0 Å². The van der Waals surface area contributed by atoms with Crippen molar-refractivity contribution in [1.82, 2.24) is 14.9 Å². The van der Waals surface area contributed by atoms with Crippen LogP contribution in [-0.4, -0.2) is 60.3 Å². The number of hydrogen-bond acceptors (Lipinski definition) is 5. The first kappa shape index (κ1) is 14.8. The number of hydrogen-bond donors (Lipinski definition) is 0. The predicted octanol–water partition coefficient (Wildman–Crippen LogP) is 2.24. The summed E-state index contributed by atoms with van der Waals surface area (Å²) in [5, 5.41) is 1.14. The number of rotatable bonds is 1. The highest BCUT2D eigenvalue weighted by atomic mass is 16.5. The molecule has 3 heterocycles. The molecule has 1 aromatic heterocycles. The summed E-state index contributed by atoms with van der Waals surface area (Å²) >= 11 is 0. The largest absolute Gasteiger partial charge is 0.371 e. The van der Waals surface area contributed by atoms with E-state index in [2.05, 4.69) is 40.0 Å². The molecule has 1 spiro atoms. The van der Waals surface area contributed by atoms with Gasteiger partial charge in [0, 0.05) is 31.6 Å². The van der Waals surface area contributed by atoms with Gasteiger partial charge in [-0.1, -0.05) is 12.1 Å². The smallest absolute Gasteiger partial charge is 0.140 e. The maximum absolute atomic E-state index is 6.24. The van der Waals surface area contributed by atoms with Gasteiger partial charge in [-0.3, -0.25) is 0 Å². The third-order valence-corrected chi connectivity index (χ3v) is 5.14. The Balaban J connectivity index is 1.68. The van der Waals surface area contributed by atoms with E-state index >= 15 is 0 Å². The van der Waals surface area contributed by atoms with Gasteiger partial charge in [0.15, 0.2) is 0 Å². The number of anilines is 1. The highest BCUT2D eigenvalue weighted by Crippen LogP contribution is 2.33. The molecule has 0 bridgehead atoms. The van der Waals surface area contributed by atoms with Crippen molar-refractivity contribution < 1.29 is 4.74 Å². The average Bonchev–Trinajstić information content (AvgIpc) is 2.57. The number of benzene rings is 1. The molecule has 2 aliphatic rings. The van der Waals surface area contributed by atoms with Crippen LogP contribution in [0.4, 0.5) is 5.82 Å². The number of aromatic nitrogens is 2. The lowest BCUT2D eigenvalue weighted by molar-refractivity contribution is -0.0884. The molecular formula is C18H24N4O. The number of nitrogens with zero attached hydrogens (tertiary/aromatic N) is 4.